The van der Waals surface area contributed by atoms with Crippen molar-refractivity contribution in [3.8, 4) is 0 Å². The highest BCUT2D eigenvalue weighted by atomic mass is 19.1. The number of nitrogens with two attached hydrogens (primary N) is 1. The lowest BCUT2D eigenvalue weighted by atomic mass is 10.2. The van der Waals surface area contributed by atoms with Crippen molar-refractivity contribution in [1.29, 1.82) is 0 Å². The number of hydrogen-bond acceptors (Lipinski definition) is 4. The van der Waals surface area contributed by atoms with E-state index in [1.54, 1.807) is 12.1 Å². The van der Waals surface area contributed by atoms with Gasteiger partial charge in [-0.2, -0.15) is 0 Å². The van der Waals surface area contributed by atoms with Gasteiger partial charge in [0.25, 0.3) is 5.91 Å². The number of carbonyl (C=O) groups excluding carboxylic acids is 1. The normalized spacial score (nSPS) is 10.1. The van der Waals surface area contributed by atoms with Gasteiger partial charge in [0.05, 0.1) is 5.56 Å². The molecule has 0 saturated heterocycles. The van der Waals surface area contributed by atoms with Gasteiger partial charge in [-0.3, -0.25) is 4.79 Å². The number of nitrogens with zero attached hydrogens (tertiary/aromatic N) is 1. The van der Waals surface area contributed by atoms with Crippen LogP contribution in [-0.2, 0) is 0 Å². The van der Waals surface area contributed by atoms with E-state index in [1.165, 1.54) is 12.3 Å². The first-order valence-corrected chi connectivity index (χ1v) is 5.61. The average Bonchev–Trinajstić information content (AvgIpc) is 2.41. The van der Waals surface area contributed by atoms with E-state index in [0.717, 1.165) is 5.56 Å². The maximum absolute atomic E-state index is 13.9. The minimum atomic E-state index is -0.781. The molecule has 0 unspecified atom stereocenters. The van der Waals surface area contributed by atoms with Crippen LogP contribution in [0.4, 0.5) is 15.9 Å². The Morgan fingerprint density at radius 1 is 1.32 bits per heavy atom. The predicted molar refractivity (Wildman–Crippen MR) is 71.1 cm³/mol. The maximum atomic E-state index is 13.9. The summed E-state index contributed by atoms with van der Waals surface area (Å²) in [5.74, 6) is 3.61. The van der Waals surface area contributed by atoms with Gasteiger partial charge >= 0.3 is 0 Å². The fourth-order valence-corrected chi connectivity index (χ4v) is 1.62. The van der Waals surface area contributed by atoms with Gasteiger partial charge in [-0.1, -0.05) is 18.2 Å². The molecular formula is C13H13FN4O. The number of para-hydroxylation sites is 1. The summed E-state index contributed by atoms with van der Waals surface area (Å²) in [6, 6.07) is 8.54. The molecule has 0 aliphatic heterocycles. The van der Waals surface area contributed by atoms with Crippen molar-refractivity contribution in [3.05, 3.63) is 53.5 Å². The first kappa shape index (κ1) is 13.0. The lowest BCUT2D eigenvalue weighted by Gasteiger charge is -2.09. The number of nitrogen functional groups attached to an aromatic ring is 1. The van der Waals surface area contributed by atoms with Gasteiger partial charge in [0.15, 0.2) is 11.6 Å². The summed E-state index contributed by atoms with van der Waals surface area (Å²) in [6.07, 6.45) is 1.31. The zero-order chi connectivity index (χ0) is 13.8. The molecule has 1 aromatic heterocycles. The van der Waals surface area contributed by atoms with Gasteiger partial charge in [-0.05, 0) is 24.6 Å². The molecule has 0 fully saturated rings. The van der Waals surface area contributed by atoms with Crippen molar-refractivity contribution < 1.29 is 9.18 Å². The number of hydrazine groups is 1. The number of amides is 1. The number of nitrogens with one attached hydrogen (secondary N) is 2. The van der Waals surface area contributed by atoms with Crippen LogP contribution in [0.1, 0.15) is 15.9 Å². The fraction of sp³-hybridized carbons (Fsp3) is 0.0769. The van der Waals surface area contributed by atoms with Crippen LogP contribution in [0.25, 0.3) is 0 Å². The number of rotatable bonds is 3. The van der Waals surface area contributed by atoms with Crippen LogP contribution >= 0.6 is 0 Å². The lowest BCUT2D eigenvalue weighted by molar-refractivity contribution is 0.102. The number of benzene rings is 1. The minimum Gasteiger partial charge on any atom is -0.322 e. The van der Waals surface area contributed by atoms with Crippen LogP contribution in [0.5, 0.6) is 0 Å². The first-order chi connectivity index (χ1) is 9.13. The molecule has 0 bridgehead atoms. The van der Waals surface area contributed by atoms with E-state index in [-0.39, 0.29) is 11.4 Å². The molecule has 0 aliphatic rings. The second-order valence-electron chi connectivity index (χ2n) is 3.93. The van der Waals surface area contributed by atoms with Gasteiger partial charge in [0.1, 0.15) is 0 Å². The van der Waals surface area contributed by atoms with Crippen molar-refractivity contribution in [2.75, 3.05) is 10.7 Å². The number of aromatic nitrogens is 1. The third kappa shape index (κ3) is 2.69. The fourth-order valence-electron chi connectivity index (χ4n) is 1.62. The Kier molecular flexibility index (Phi) is 3.72. The molecule has 1 amide bonds. The topological polar surface area (TPSA) is 80.0 Å². The predicted octanol–water partition coefficient (Wildman–Crippen LogP) is 2.07. The van der Waals surface area contributed by atoms with Crippen LogP contribution in [0.15, 0.2) is 36.5 Å². The van der Waals surface area contributed by atoms with E-state index in [9.17, 15) is 9.18 Å². The molecule has 0 atom stereocenters. The van der Waals surface area contributed by atoms with Crippen LogP contribution < -0.4 is 16.6 Å². The number of hydrogen-bond donors (Lipinski definition) is 3. The number of carbonyl (C=O) groups is 1. The lowest BCUT2D eigenvalue weighted by Crippen LogP contribution is -2.17. The summed E-state index contributed by atoms with van der Waals surface area (Å²) in [5.41, 5.74) is 3.50. The Bertz CT molecular complexity index is 615. The highest BCUT2D eigenvalue weighted by molar-refractivity contribution is 6.05. The van der Waals surface area contributed by atoms with Gasteiger partial charge < -0.3 is 10.7 Å². The Hall–Kier alpha value is -2.47. The summed E-state index contributed by atoms with van der Waals surface area (Å²) in [4.78, 5) is 15.7. The molecule has 2 rings (SSSR count). The third-order valence-electron chi connectivity index (χ3n) is 2.66. The molecule has 19 heavy (non-hydrogen) atoms. The van der Waals surface area contributed by atoms with Gasteiger partial charge in [-0.25, -0.2) is 15.2 Å². The van der Waals surface area contributed by atoms with Gasteiger partial charge in [0.2, 0.25) is 0 Å². The Morgan fingerprint density at radius 3 is 2.74 bits per heavy atom. The van der Waals surface area contributed by atoms with E-state index in [4.69, 9.17) is 5.84 Å². The van der Waals surface area contributed by atoms with Crippen molar-refractivity contribution in [3.63, 3.8) is 0 Å². The van der Waals surface area contributed by atoms with Crippen molar-refractivity contribution in [1.82, 2.24) is 4.98 Å². The molecule has 0 radical (unpaired) electrons. The van der Waals surface area contributed by atoms with Gasteiger partial charge in [0, 0.05) is 11.9 Å². The summed E-state index contributed by atoms with van der Waals surface area (Å²) < 4.78 is 13.9. The zero-order valence-corrected chi connectivity index (χ0v) is 10.3. The van der Waals surface area contributed by atoms with Crippen LogP contribution in [-0.4, -0.2) is 10.9 Å². The average molecular weight is 260 g/mol. The van der Waals surface area contributed by atoms with Gasteiger partial charge in [-0.15, -0.1) is 0 Å². The second-order valence-corrected chi connectivity index (χ2v) is 3.93. The Morgan fingerprint density at radius 2 is 2.05 bits per heavy atom. The van der Waals surface area contributed by atoms with Crippen LogP contribution in [0, 0.1) is 12.7 Å². The molecule has 0 spiro atoms. The third-order valence-corrected chi connectivity index (χ3v) is 2.66. The summed E-state index contributed by atoms with van der Waals surface area (Å²) in [5, 5.41) is 2.64. The molecule has 5 nitrogen and oxygen atoms in total. The number of pyridine rings is 1. The van der Waals surface area contributed by atoms with E-state index < -0.39 is 11.7 Å². The Labute approximate surface area is 109 Å². The molecule has 4 N–H and O–H groups in total. The number of aryl methyl sites for hydroxylation is 1. The Balaban J connectivity index is 2.28. The molecule has 1 aromatic carbocycles. The van der Waals surface area contributed by atoms with Crippen molar-refractivity contribution >= 4 is 17.4 Å². The smallest absolute Gasteiger partial charge is 0.258 e. The maximum Gasteiger partial charge on any atom is 0.258 e. The summed E-state index contributed by atoms with van der Waals surface area (Å²) in [6.45, 7) is 1.85. The molecule has 0 saturated carbocycles. The quantitative estimate of drug-likeness (QED) is 0.583. The van der Waals surface area contributed by atoms with Crippen molar-refractivity contribution in [2.45, 2.75) is 6.92 Å². The van der Waals surface area contributed by atoms with E-state index in [0.29, 0.717) is 5.69 Å². The molecule has 98 valence electrons. The number of halogens is 1. The molecule has 2 aromatic rings. The van der Waals surface area contributed by atoms with Crippen LogP contribution in [0.3, 0.4) is 0 Å². The van der Waals surface area contributed by atoms with E-state index >= 15 is 0 Å². The van der Waals surface area contributed by atoms with Crippen LogP contribution in [0.2, 0.25) is 0 Å². The summed E-state index contributed by atoms with van der Waals surface area (Å²) in [7, 11) is 0. The SMILES string of the molecule is Cc1ccccc1NC(=O)c1ccnc(NN)c1F. The highest BCUT2D eigenvalue weighted by Gasteiger charge is 2.16. The monoisotopic (exact) mass is 260 g/mol. The van der Waals surface area contributed by atoms with E-state index in [2.05, 4.69) is 15.7 Å². The minimum absolute atomic E-state index is 0.119. The highest BCUT2D eigenvalue weighted by Crippen LogP contribution is 2.18. The zero-order valence-electron chi connectivity index (χ0n) is 10.3. The molecule has 6 heteroatoms. The standard InChI is InChI=1S/C13H13FN4O/c1-8-4-2-3-5-10(8)17-13(19)9-6-7-16-12(18-15)11(9)14/h2-7H,15H2,1H3,(H,16,18)(H,17,19). The summed E-state index contributed by atoms with van der Waals surface area (Å²) >= 11 is 0. The number of anilines is 2. The molecule has 0 aliphatic carbocycles. The largest absolute Gasteiger partial charge is 0.322 e. The molecule has 1 heterocycles. The first-order valence-electron chi connectivity index (χ1n) is 5.61. The molecular weight excluding hydrogens is 247 g/mol. The second kappa shape index (κ2) is 5.45. The van der Waals surface area contributed by atoms with Crippen molar-refractivity contribution in [2.24, 2.45) is 5.84 Å². The van der Waals surface area contributed by atoms with E-state index in [1.807, 2.05) is 19.1 Å².